The van der Waals surface area contributed by atoms with Gasteiger partial charge in [0.15, 0.2) is 0 Å². The lowest BCUT2D eigenvalue weighted by molar-refractivity contribution is -0.141. The van der Waals surface area contributed by atoms with Gasteiger partial charge in [0.05, 0.1) is 6.26 Å². The lowest BCUT2D eigenvalue weighted by atomic mass is 10.1. The van der Waals surface area contributed by atoms with Crippen LogP contribution in [0, 0.1) is 6.92 Å². The highest BCUT2D eigenvalue weighted by atomic mass is 35.5. The molecule has 3 nitrogen and oxygen atoms in total. The summed E-state index contributed by atoms with van der Waals surface area (Å²) in [4.78, 5) is 3.24. The van der Waals surface area contributed by atoms with Gasteiger partial charge >= 0.3 is 6.18 Å². The van der Waals surface area contributed by atoms with Gasteiger partial charge in [0, 0.05) is 5.56 Å². The smallest absolute Gasteiger partial charge is 0.433 e. The largest absolute Gasteiger partial charge is 0.466 e. The summed E-state index contributed by atoms with van der Waals surface area (Å²) in [6.07, 6.45) is -4.45. The second kappa shape index (κ2) is 4.86. The predicted molar refractivity (Wildman–Crippen MR) is 61.8 cm³/mol. The van der Waals surface area contributed by atoms with Crippen LogP contribution in [0.1, 0.15) is 28.7 Å². The molecule has 0 aromatic carbocycles. The molecule has 0 spiro atoms. The van der Waals surface area contributed by atoms with Crippen LogP contribution in [-0.4, -0.2) is 10.1 Å². The third-order valence-corrected chi connectivity index (χ3v) is 2.92. The van der Waals surface area contributed by atoms with E-state index in [4.69, 9.17) is 16.0 Å². The van der Waals surface area contributed by atoms with Gasteiger partial charge in [0.25, 0.3) is 0 Å². The average molecular weight is 292 g/mol. The van der Waals surface area contributed by atoms with Crippen LogP contribution in [0.5, 0.6) is 0 Å². The fraction of sp³-hybridized carbons (Fsp3) is 0.250. The maximum absolute atomic E-state index is 12.4. The molecule has 102 valence electrons. The summed E-state index contributed by atoms with van der Waals surface area (Å²) in [5.74, 6) is 0.225. The van der Waals surface area contributed by atoms with Crippen molar-refractivity contribution in [3.63, 3.8) is 0 Å². The van der Waals surface area contributed by atoms with E-state index in [-0.39, 0.29) is 11.3 Å². The fourth-order valence-corrected chi connectivity index (χ4v) is 1.87. The predicted octanol–water partition coefficient (Wildman–Crippen LogP) is 3.74. The molecule has 1 N–H and O–H groups in total. The van der Waals surface area contributed by atoms with Crippen LogP contribution in [-0.2, 0) is 6.18 Å². The first kappa shape index (κ1) is 13.9. The molecule has 1 unspecified atom stereocenters. The van der Waals surface area contributed by atoms with E-state index in [0.29, 0.717) is 5.56 Å². The first-order chi connectivity index (χ1) is 8.80. The molecule has 1 atom stereocenters. The standard InChI is InChI=1S/C12H9ClF3NO2/c1-6-4-5-19-10(6)9(18)7-2-3-8(12(14,15)16)17-11(7)13/h2-5,9,18H,1H3. The molecule has 0 bridgehead atoms. The van der Waals surface area contributed by atoms with Crippen LogP contribution in [0.3, 0.4) is 0 Å². The summed E-state index contributed by atoms with van der Waals surface area (Å²) in [6.45, 7) is 1.70. The van der Waals surface area contributed by atoms with Gasteiger partial charge in [-0.15, -0.1) is 0 Å². The van der Waals surface area contributed by atoms with E-state index >= 15 is 0 Å². The van der Waals surface area contributed by atoms with Crippen molar-refractivity contribution in [1.29, 1.82) is 0 Å². The van der Waals surface area contributed by atoms with Crippen molar-refractivity contribution in [3.8, 4) is 0 Å². The first-order valence-corrected chi connectivity index (χ1v) is 5.64. The molecule has 2 aromatic heterocycles. The van der Waals surface area contributed by atoms with Crippen molar-refractivity contribution < 1.29 is 22.7 Å². The SMILES string of the molecule is Cc1ccoc1C(O)c1ccc(C(F)(F)F)nc1Cl. The van der Waals surface area contributed by atoms with E-state index in [1.165, 1.54) is 6.26 Å². The number of aromatic nitrogens is 1. The van der Waals surface area contributed by atoms with Crippen LogP contribution >= 0.6 is 11.6 Å². The summed E-state index contributed by atoms with van der Waals surface area (Å²) >= 11 is 5.69. The van der Waals surface area contributed by atoms with Gasteiger partial charge in [-0.1, -0.05) is 17.7 Å². The molecule has 2 heterocycles. The Kier molecular flexibility index (Phi) is 3.56. The Bertz CT molecular complexity index is 595. The lowest BCUT2D eigenvalue weighted by Gasteiger charge is -2.13. The number of pyridine rings is 1. The average Bonchev–Trinajstić information content (AvgIpc) is 2.73. The Labute approximate surface area is 111 Å². The van der Waals surface area contributed by atoms with E-state index in [1.54, 1.807) is 13.0 Å². The van der Waals surface area contributed by atoms with E-state index in [2.05, 4.69) is 4.98 Å². The number of alkyl halides is 3. The van der Waals surface area contributed by atoms with Gasteiger partial charge in [-0.3, -0.25) is 0 Å². The van der Waals surface area contributed by atoms with Gasteiger partial charge in [0.2, 0.25) is 0 Å². The van der Waals surface area contributed by atoms with Crippen molar-refractivity contribution in [2.45, 2.75) is 19.2 Å². The van der Waals surface area contributed by atoms with Crippen LogP contribution in [0.2, 0.25) is 5.15 Å². The highest BCUT2D eigenvalue weighted by Crippen LogP contribution is 2.33. The summed E-state index contributed by atoms with van der Waals surface area (Å²) in [7, 11) is 0. The maximum Gasteiger partial charge on any atom is 0.433 e. The summed E-state index contributed by atoms with van der Waals surface area (Å²) in [5.41, 5.74) is -0.374. The number of halogens is 4. The van der Waals surface area contributed by atoms with Crippen molar-refractivity contribution in [1.82, 2.24) is 4.98 Å². The molecular weight excluding hydrogens is 283 g/mol. The first-order valence-electron chi connectivity index (χ1n) is 5.26. The van der Waals surface area contributed by atoms with Gasteiger partial charge in [-0.25, -0.2) is 4.98 Å². The normalized spacial score (nSPS) is 13.6. The van der Waals surface area contributed by atoms with Crippen molar-refractivity contribution in [3.05, 3.63) is 52.2 Å². The molecule has 0 aliphatic heterocycles. The topological polar surface area (TPSA) is 46.3 Å². The second-order valence-corrected chi connectivity index (χ2v) is 4.30. The van der Waals surface area contributed by atoms with Crippen molar-refractivity contribution in [2.24, 2.45) is 0 Å². The number of aryl methyl sites for hydroxylation is 1. The van der Waals surface area contributed by atoms with E-state index in [1.807, 2.05) is 0 Å². The minimum Gasteiger partial charge on any atom is -0.466 e. The summed E-state index contributed by atoms with van der Waals surface area (Å²) in [5, 5.41) is 9.63. The highest BCUT2D eigenvalue weighted by molar-refractivity contribution is 6.30. The zero-order valence-electron chi connectivity index (χ0n) is 9.70. The molecule has 0 amide bonds. The molecule has 0 aliphatic carbocycles. The van der Waals surface area contributed by atoms with Crippen molar-refractivity contribution >= 4 is 11.6 Å². The van der Waals surface area contributed by atoms with E-state index in [0.717, 1.165) is 12.1 Å². The molecule has 7 heteroatoms. The number of rotatable bonds is 2. The number of hydrogen-bond donors (Lipinski definition) is 1. The third-order valence-electron chi connectivity index (χ3n) is 2.61. The molecule has 0 fully saturated rings. The number of aliphatic hydroxyl groups is 1. The number of aliphatic hydroxyl groups excluding tert-OH is 1. The third kappa shape index (κ3) is 2.74. The molecule has 0 radical (unpaired) electrons. The molecule has 2 rings (SSSR count). The Morgan fingerprint density at radius 3 is 2.47 bits per heavy atom. The number of hydrogen-bond acceptors (Lipinski definition) is 3. The Morgan fingerprint density at radius 2 is 2.00 bits per heavy atom. The summed E-state index contributed by atoms with van der Waals surface area (Å²) in [6, 6.07) is 3.48. The molecule has 2 aromatic rings. The molecule has 0 aliphatic rings. The Balaban J connectivity index is 2.39. The Morgan fingerprint density at radius 1 is 1.32 bits per heavy atom. The minimum absolute atomic E-state index is 0.0627. The monoisotopic (exact) mass is 291 g/mol. The van der Waals surface area contributed by atoms with Gasteiger partial charge in [-0.05, 0) is 24.6 Å². The van der Waals surface area contributed by atoms with Gasteiger partial charge in [-0.2, -0.15) is 13.2 Å². The maximum atomic E-state index is 12.4. The van der Waals surface area contributed by atoms with Crippen LogP contribution in [0.15, 0.2) is 28.9 Å². The highest BCUT2D eigenvalue weighted by Gasteiger charge is 2.33. The lowest BCUT2D eigenvalue weighted by Crippen LogP contribution is -2.10. The van der Waals surface area contributed by atoms with Crippen LogP contribution in [0.4, 0.5) is 13.2 Å². The quantitative estimate of drug-likeness (QED) is 0.858. The van der Waals surface area contributed by atoms with E-state index in [9.17, 15) is 18.3 Å². The fourth-order valence-electron chi connectivity index (χ4n) is 1.61. The zero-order chi connectivity index (χ0) is 14.2. The van der Waals surface area contributed by atoms with Crippen LogP contribution in [0.25, 0.3) is 0 Å². The molecule has 0 saturated heterocycles. The van der Waals surface area contributed by atoms with Gasteiger partial charge in [0.1, 0.15) is 22.7 Å². The number of furan rings is 1. The summed E-state index contributed by atoms with van der Waals surface area (Å²) < 4.78 is 42.4. The molecule has 0 saturated carbocycles. The molecule has 19 heavy (non-hydrogen) atoms. The number of nitrogens with zero attached hydrogens (tertiary/aromatic N) is 1. The second-order valence-electron chi connectivity index (χ2n) is 3.94. The zero-order valence-corrected chi connectivity index (χ0v) is 10.5. The molecular formula is C12H9ClF3NO2. The van der Waals surface area contributed by atoms with Crippen molar-refractivity contribution in [2.75, 3.05) is 0 Å². The van der Waals surface area contributed by atoms with Gasteiger partial charge < -0.3 is 9.52 Å². The minimum atomic E-state index is -4.58. The Hall–Kier alpha value is -1.53. The van der Waals surface area contributed by atoms with E-state index < -0.39 is 23.1 Å². The van der Waals surface area contributed by atoms with Crippen LogP contribution < -0.4 is 0 Å².